The van der Waals surface area contributed by atoms with Crippen molar-refractivity contribution in [3.8, 4) is 0 Å². The van der Waals surface area contributed by atoms with E-state index in [-0.39, 0.29) is 0 Å². The summed E-state index contributed by atoms with van der Waals surface area (Å²) in [4.78, 5) is 0. The largest absolute Gasteiger partial charge is 0.384 e. The normalized spacial score (nSPS) is 31.4. The fraction of sp³-hybridized carbons (Fsp3) is 0.833. The van der Waals surface area contributed by atoms with Crippen LogP contribution in [-0.4, -0.2) is 32.8 Å². The van der Waals surface area contributed by atoms with Crippen molar-refractivity contribution in [3.63, 3.8) is 0 Å². The van der Waals surface area contributed by atoms with Gasteiger partial charge in [0.1, 0.15) is 6.10 Å². The maximum Gasteiger partial charge on any atom is 0.126 e. The van der Waals surface area contributed by atoms with Crippen molar-refractivity contribution in [1.29, 1.82) is 0 Å². The summed E-state index contributed by atoms with van der Waals surface area (Å²) in [7, 11) is 3.48. The number of ether oxygens (including phenoxy) is 1. The molecule has 1 unspecified atom stereocenters. The van der Waals surface area contributed by atoms with E-state index < -0.39 is 11.7 Å². The fourth-order valence-corrected chi connectivity index (χ4v) is 2.65. The highest BCUT2D eigenvalue weighted by atomic mass is 16.5. The van der Waals surface area contributed by atoms with E-state index in [4.69, 9.17) is 4.74 Å². The Labute approximate surface area is 102 Å². The highest BCUT2D eigenvalue weighted by Crippen LogP contribution is 2.42. The van der Waals surface area contributed by atoms with Crippen LogP contribution in [0.5, 0.6) is 0 Å². The summed E-state index contributed by atoms with van der Waals surface area (Å²) >= 11 is 0. The number of nitrogens with zero attached hydrogens (tertiary/aromatic N) is 3. The minimum absolute atomic E-state index is 0.470. The van der Waals surface area contributed by atoms with E-state index in [1.165, 1.54) is 0 Å². The smallest absolute Gasteiger partial charge is 0.126 e. The van der Waals surface area contributed by atoms with Crippen LogP contribution in [0.25, 0.3) is 0 Å². The van der Waals surface area contributed by atoms with Crippen molar-refractivity contribution in [2.75, 3.05) is 7.11 Å². The molecule has 1 heterocycles. The van der Waals surface area contributed by atoms with Gasteiger partial charge in [-0.1, -0.05) is 12.1 Å². The van der Waals surface area contributed by atoms with Crippen LogP contribution >= 0.6 is 0 Å². The molecule has 0 aromatic carbocycles. The highest BCUT2D eigenvalue weighted by Gasteiger charge is 2.42. The van der Waals surface area contributed by atoms with E-state index >= 15 is 0 Å². The first-order valence-electron chi connectivity index (χ1n) is 6.17. The molecule has 0 aliphatic heterocycles. The number of aromatic nitrogens is 3. The van der Waals surface area contributed by atoms with Gasteiger partial charge in [0.25, 0.3) is 0 Å². The Morgan fingerprint density at radius 1 is 1.53 bits per heavy atom. The molecule has 0 amide bonds. The van der Waals surface area contributed by atoms with Gasteiger partial charge in [0.15, 0.2) is 0 Å². The molecule has 0 radical (unpaired) electrons. The maximum atomic E-state index is 10.5. The first-order valence-corrected chi connectivity index (χ1v) is 6.17. The molecule has 5 heteroatoms. The van der Waals surface area contributed by atoms with Gasteiger partial charge in [0.05, 0.1) is 17.5 Å². The monoisotopic (exact) mass is 239 g/mol. The van der Waals surface area contributed by atoms with Gasteiger partial charge in [-0.15, -0.1) is 5.10 Å². The van der Waals surface area contributed by atoms with Crippen LogP contribution in [0, 0.1) is 5.92 Å². The average molecular weight is 239 g/mol. The van der Waals surface area contributed by atoms with Crippen LogP contribution in [-0.2, 0) is 11.8 Å². The predicted molar refractivity (Wildman–Crippen MR) is 63.3 cm³/mol. The van der Waals surface area contributed by atoms with Crippen LogP contribution in [0.1, 0.15) is 44.4 Å². The van der Waals surface area contributed by atoms with Crippen molar-refractivity contribution in [1.82, 2.24) is 15.0 Å². The Bertz CT molecular complexity index is 370. The Morgan fingerprint density at radius 2 is 2.18 bits per heavy atom. The van der Waals surface area contributed by atoms with Crippen molar-refractivity contribution in [2.24, 2.45) is 13.0 Å². The number of hydrogen-bond acceptors (Lipinski definition) is 4. The molecule has 1 atom stereocenters. The lowest BCUT2D eigenvalue weighted by Crippen LogP contribution is -2.42. The highest BCUT2D eigenvalue weighted by molar-refractivity contribution is 5.08. The molecule has 1 aromatic rings. The molecule has 1 aromatic heterocycles. The van der Waals surface area contributed by atoms with E-state index in [0.717, 1.165) is 37.3 Å². The minimum atomic E-state index is -0.653. The molecule has 1 aliphatic rings. The van der Waals surface area contributed by atoms with E-state index in [1.54, 1.807) is 25.0 Å². The Morgan fingerprint density at radius 3 is 2.65 bits per heavy atom. The van der Waals surface area contributed by atoms with Crippen molar-refractivity contribution < 1.29 is 9.84 Å². The summed E-state index contributed by atoms with van der Waals surface area (Å²) in [6.45, 7) is 2.25. The predicted octanol–water partition coefficient (Wildman–Crippen LogP) is 1.44. The molecule has 96 valence electrons. The second-order valence-electron chi connectivity index (χ2n) is 5.14. The first-order chi connectivity index (χ1) is 8.09. The van der Waals surface area contributed by atoms with Gasteiger partial charge in [0, 0.05) is 14.2 Å². The van der Waals surface area contributed by atoms with E-state index in [2.05, 4.69) is 17.2 Å². The second-order valence-corrected chi connectivity index (χ2v) is 5.14. The zero-order valence-corrected chi connectivity index (χ0v) is 10.8. The summed E-state index contributed by atoms with van der Waals surface area (Å²) in [6.07, 6.45) is 4.92. The number of aliphatic hydroxyl groups excluding tert-OH is 1. The number of hydrogen-bond donors (Lipinski definition) is 1. The van der Waals surface area contributed by atoms with Gasteiger partial charge in [-0.2, -0.15) is 0 Å². The van der Waals surface area contributed by atoms with Crippen molar-refractivity contribution in [3.05, 3.63) is 11.9 Å². The van der Waals surface area contributed by atoms with Gasteiger partial charge in [-0.3, -0.25) is 0 Å². The Balaban J connectivity index is 2.21. The van der Waals surface area contributed by atoms with Crippen LogP contribution in [0.3, 0.4) is 0 Å². The Hall–Kier alpha value is -0.940. The third-order valence-corrected chi connectivity index (χ3v) is 4.06. The zero-order valence-electron chi connectivity index (χ0n) is 10.8. The zero-order chi connectivity index (χ0) is 12.5. The van der Waals surface area contributed by atoms with E-state index in [1.807, 2.05) is 0 Å². The standard InChI is InChI=1S/C12H21N3O2/c1-9-4-6-12(17-3,7-5-9)11(16)10-8-13-14-15(10)2/h8-9,11,16H,4-7H2,1-3H3. The van der Waals surface area contributed by atoms with Crippen LogP contribution in [0.2, 0.25) is 0 Å². The van der Waals surface area contributed by atoms with Gasteiger partial charge in [0.2, 0.25) is 0 Å². The molecule has 0 bridgehead atoms. The molecule has 2 rings (SSSR count). The van der Waals surface area contributed by atoms with Crippen molar-refractivity contribution >= 4 is 0 Å². The Kier molecular flexibility index (Phi) is 3.49. The molecule has 1 saturated carbocycles. The van der Waals surface area contributed by atoms with Crippen LogP contribution in [0.4, 0.5) is 0 Å². The number of aliphatic hydroxyl groups is 1. The molecular formula is C12H21N3O2. The fourth-order valence-electron chi connectivity index (χ4n) is 2.65. The molecule has 0 spiro atoms. The molecule has 0 saturated heterocycles. The van der Waals surface area contributed by atoms with Crippen LogP contribution < -0.4 is 0 Å². The summed E-state index contributed by atoms with van der Waals surface area (Å²) < 4.78 is 7.26. The lowest BCUT2D eigenvalue weighted by Gasteiger charge is -2.41. The number of rotatable bonds is 3. The van der Waals surface area contributed by atoms with E-state index in [0.29, 0.717) is 0 Å². The van der Waals surface area contributed by atoms with Crippen molar-refractivity contribution in [2.45, 2.75) is 44.3 Å². The van der Waals surface area contributed by atoms with E-state index in [9.17, 15) is 5.11 Å². The molecular weight excluding hydrogens is 218 g/mol. The molecule has 1 N–H and O–H groups in total. The molecule has 17 heavy (non-hydrogen) atoms. The summed E-state index contributed by atoms with van der Waals surface area (Å²) in [6, 6.07) is 0. The minimum Gasteiger partial charge on any atom is -0.384 e. The topological polar surface area (TPSA) is 60.2 Å². The lowest BCUT2D eigenvalue weighted by molar-refractivity contribution is -0.132. The molecule has 5 nitrogen and oxygen atoms in total. The summed E-state index contributed by atoms with van der Waals surface area (Å²) in [5.74, 6) is 0.718. The SMILES string of the molecule is COC1(C(O)c2cnnn2C)CCC(C)CC1. The second kappa shape index (κ2) is 4.74. The average Bonchev–Trinajstić information content (AvgIpc) is 2.76. The van der Waals surface area contributed by atoms with Gasteiger partial charge >= 0.3 is 0 Å². The third kappa shape index (κ3) is 2.21. The molecule has 1 aliphatic carbocycles. The quantitative estimate of drug-likeness (QED) is 0.867. The number of aryl methyl sites for hydroxylation is 1. The van der Waals surface area contributed by atoms with Gasteiger partial charge < -0.3 is 9.84 Å². The summed E-state index contributed by atoms with van der Waals surface area (Å²) in [5, 5.41) is 18.2. The van der Waals surface area contributed by atoms with Crippen LogP contribution in [0.15, 0.2) is 6.20 Å². The van der Waals surface area contributed by atoms with Gasteiger partial charge in [-0.05, 0) is 31.6 Å². The summed E-state index contributed by atoms with van der Waals surface area (Å²) in [5.41, 5.74) is 0.253. The molecule has 1 fully saturated rings. The third-order valence-electron chi connectivity index (χ3n) is 4.06. The first kappa shape index (κ1) is 12.5. The number of methoxy groups -OCH3 is 1. The lowest BCUT2D eigenvalue weighted by atomic mass is 9.75. The maximum absolute atomic E-state index is 10.5. The van der Waals surface area contributed by atoms with Gasteiger partial charge in [-0.25, -0.2) is 4.68 Å².